The summed E-state index contributed by atoms with van der Waals surface area (Å²) >= 11 is 5.96. The second-order valence-corrected chi connectivity index (χ2v) is 5.88. The molecule has 0 saturated carbocycles. The number of aromatic nitrogens is 1. The van der Waals surface area contributed by atoms with Gasteiger partial charge >= 0.3 is 0 Å². The van der Waals surface area contributed by atoms with Crippen molar-refractivity contribution in [1.29, 1.82) is 0 Å². The molecule has 1 saturated heterocycles. The van der Waals surface area contributed by atoms with E-state index in [2.05, 4.69) is 15.6 Å². The van der Waals surface area contributed by atoms with Crippen LogP contribution in [-0.2, 0) is 9.53 Å². The third-order valence-electron chi connectivity index (χ3n) is 3.72. The van der Waals surface area contributed by atoms with Gasteiger partial charge in [-0.15, -0.1) is 0 Å². The van der Waals surface area contributed by atoms with Gasteiger partial charge < -0.3 is 15.4 Å². The summed E-state index contributed by atoms with van der Waals surface area (Å²) in [5.74, 6) is 0.573. The van der Waals surface area contributed by atoms with Crippen LogP contribution in [0.15, 0.2) is 42.6 Å². The molecule has 2 aromatic rings. The van der Waals surface area contributed by atoms with Gasteiger partial charge in [0.2, 0.25) is 5.91 Å². The smallest absolute Gasteiger partial charge is 0.228 e. The van der Waals surface area contributed by atoms with Crippen LogP contribution in [0.4, 0.5) is 17.2 Å². The summed E-state index contributed by atoms with van der Waals surface area (Å²) in [6, 6.07) is 11.1. The molecule has 0 spiro atoms. The highest BCUT2D eigenvalue weighted by Gasteiger charge is 2.21. The number of rotatable bonds is 4. The Kier molecular flexibility index (Phi) is 5.10. The normalized spacial score (nSPS) is 15.2. The van der Waals surface area contributed by atoms with Crippen molar-refractivity contribution >= 4 is 34.7 Å². The summed E-state index contributed by atoms with van der Waals surface area (Å²) in [6.45, 7) is 1.29. The number of nitrogens with zero attached hydrogens (tertiary/aromatic N) is 1. The first-order valence-corrected chi connectivity index (χ1v) is 7.96. The summed E-state index contributed by atoms with van der Waals surface area (Å²) in [7, 11) is 0. The summed E-state index contributed by atoms with van der Waals surface area (Å²) < 4.78 is 5.27. The van der Waals surface area contributed by atoms with Crippen molar-refractivity contribution in [2.24, 2.45) is 5.92 Å². The number of ether oxygens (including phenoxy) is 1. The van der Waals surface area contributed by atoms with Crippen molar-refractivity contribution in [3.05, 3.63) is 47.6 Å². The summed E-state index contributed by atoms with van der Waals surface area (Å²) in [4.78, 5) is 16.4. The Morgan fingerprint density at radius 3 is 2.70 bits per heavy atom. The number of amides is 1. The van der Waals surface area contributed by atoms with Crippen LogP contribution in [0.3, 0.4) is 0 Å². The SMILES string of the molecule is O=C(Nc1ccc(Nc2cccc(Cl)c2)cn1)C1CCOCC1. The van der Waals surface area contributed by atoms with Gasteiger partial charge in [0.05, 0.1) is 11.9 Å². The molecule has 0 aliphatic carbocycles. The van der Waals surface area contributed by atoms with Crippen LogP contribution in [-0.4, -0.2) is 24.1 Å². The van der Waals surface area contributed by atoms with E-state index in [1.165, 1.54) is 0 Å². The number of benzene rings is 1. The Balaban J connectivity index is 1.59. The molecule has 1 aliphatic rings. The van der Waals surface area contributed by atoms with Gasteiger partial charge in [0.25, 0.3) is 0 Å². The van der Waals surface area contributed by atoms with Crippen LogP contribution < -0.4 is 10.6 Å². The van der Waals surface area contributed by atoms with E-state index < -0.39 is 0 Å². The highest BCUT2D eigenvalue weighted by atomic mass is 35.5. The van der Waals surface area contributed by atoms with Crippen molar-refractivity contribution in [3.8, 4) is 0 Å². The number of nitrogens with one attached hydrogen (secondary N) is 2. The standard InChI is InChI=1S/C17H18ClN3O2/c18-13-2-1-3-14(10-13)20-15-4-5-16(19-11-15)21-17(22)12-6-8-23-9-7-12/h1-5,10-12,20H,6-9H2,(H,19,21,22). The van der Waals surface area contributed by atoms with Crippen LogP contribution >= 0.6 is 11.6 Å². The molecule has 120 valence electrons. The minimum atomic E-state index is 0.00909. The molecular weight excluding hydrogens is 314 g/mol. The highest BCUT2D eigenvalue weighted by Crippen LogP contribution is 2.21. The number of anilines is 3. The third kappa shape index (κ3) is 4.43. The Morgan fingerprint density at radius 1 is 1.17 bits per heavy atom. The Morgan fingerprint density at radius 2 is 2.00 bits per heavy atom. The number of hydrogen-bond acceptors (Lipinski definition) is 4. The predicted octanol–water partition coefficient (Wildman–Crippen LogP) is 3.84. The lowest BCUT2D eigenvalue weighted by atomic mass is 9.99. The molecule has 5 nitrogen and oxygen atoms in total. The van der Waals surface area contributed by atoms with Crippen LogP contribution in [0.2, 0.25) is 5.02 Å². The third-order valence-corrected chi connectivity index (χ3v) is 3.96. The molecule has 2 heterocycles. The van der Waals surface area contributed by atoms with Gasteiger partial charge in [-0.1, -0.05) is 17.7 Å². The van der Waals surface area contributed by atoms with E-state index in [9.17, 15) is 4.79 Å². The first-order valence-electron chi connectivity index (χ1n) is 7.58. The molecule has 2 N–H and O–H groups in total. The van der Waals surface area contributed by atoms with Gasteiger partial charge in [-0.25, -0.2) is 4.98 Å². The predicted molar refractivity (Wildman–Crippen MR) is 91.1 cm³/mol. The van der Waals surface area contributed by atoms with E-state index in [0.29, 0.717) is 24.1 Å². The van der Waals surface area contributed by atoms with Gasteiger partial charge in [-0.2, -0.15) is 0 Å². The van der Waals surface area contributed by atoms with Gasteiger partial charge in [0, 0.05) is 29.8 Å². The zero-order valence-electron chi connectivity index (χ0n) is 12.6. The first-order chi connectivity index (χ1) is 11.2. The number of carbonyl (C=O) groups excluding carboxylic acids is 1. The van der Waals surface area contributed by atoms with E-state index in [1.807, 2.05) is 30.3 Å². The Bertz CT molecular complexity index is 670. The number of carbonyl (C=O) groups is 1. The lowest BCUT2D eigenvalue weighted by Crippen LogP contribution is -2.28. The largest absolute Gasteiger partial charge is 0.381 e. The van der Waals surface area contributed by atoms with E-state index in [1.54, 1.807) is 12.3 Å². The molecule has 23 heavy (non-hydrogen) atoms. The average Bonchev–Trinajstić information content (AvgIpc) is 2.57. The molecule has 1 aromatic carbocycles. The topological polar surface area (TPSA) is 63.2 Å². The highest BCUT2D eigenvalue weighted by molar-refractivity contribution is 6.30. The number of hydrogen-bond donors (Lipinski definition) is 2. The molecule has 0 bridgehead atoms. The van der Waals surface area contributed by atoms with Gasteiger partial charge in [0.15, 0.2) is 0 Å². The zero-order chi connectivity index (χ0) is 16.1. The Hall–Kier alpha value is -2.11. The van der Waals surface area contributed by atoms with Crippen molar-refractivity contribution in [2.75, 3.05) is 23.8 Å². The number of pyridine rings is 1. The maximum atomic E-state index is 12.1. The van der Waals surface area contributed by atoms with Gasteiger partial charge in [-0.05, 0) is 43.2 Å². The molecule has 0 atom stereocenters. The molecule has 1 aromatic heterocycles. The van der Waals surface area contributed by atoms with Crippen molar-refractivity contribution in [3.63, 3.8) is 0 Å². The second-order valence-electron chi connectivity index (χ2n) is 5.44. The van der Waals surface area contributed by atoms with Crippen LogP contribution in [0, 0.1) is 5.92 Å². The lowest BCUT2D eigenvalue weighted by Gasteiger charge is -2.20. The fourth-order valence-electron chi connectivity index (χ4n) is 2.46. The minimum absolute atomic E-state index is 0.00909. The van der Waals surface area contributed by atoms with E-state index in [4.69, 9.17) is 16.3 Å². The molecule has 0 radical (unpaired) electrons. The average molecular weight is 332 g/mol. The second kappa shape index (κ2) is 7.44. The minimum Gasteiger partial charge on any atom is -0.381 e. The maximum Gasteiger partial charge on any atom is 0.228 e. The van der Waals surface area contributed by atoms with Gasteiger partial charge in [0.1, 0.15) is 5.82 Å². The molecular formula is C17H18ClN3O2. The quantitative estimate of drug-likeness (QED) is 0.893. The molecule has 1 amide bonds. The molecule has 1 fully saturated rings. The first kappa shape index (κ1) is 15.8. The molecule has 0 unspecified atom stereocenters. The monoisotopic (exact) mass is 331 g/mol. The molecule has 6 heteroatoms. The number of halogens is 1. The Labute approximate surface area is 140 Å². The van der Waals surface area contributed by atoms with Crippen LogP contribution in [0.1, 0.15) is 12.8 Å². The van der Waals surface area contributed by atoms with Crippen molar-refractivity contribution in [2.45, 2.75) is 12.8 Å². The maximum absolute atomic E-state index is 12.1. The summed E-state index contributed by atoms with van der Waals surface area (Å²) in [5.41, 5.74) is 1.72. The summed E-state index contributed by atoms with van der Waals surface area (Å²) in [5, 5.41) is 6.74. The molecule has 1 aliphatic heterocycles. The fraction of sp³-hybridized carbons (Fsp3) is 0.294. The van der Waals surface area contributed by atoms with Crippen molar-refractivity contribution in [1.82, 2.24) is 4.98 Å². The van der Waals surface area contributed by atoms with E-state index >= 15 is 0 Å². The van der Waals surface area contributed by atoms with Crippen LogP contribution in [0.25, 0.3) is 0 Å². The van der Waals surface area contributed by atoms with Crippen LogP contribution in [0.5, 0.6) is 0 Å². The van der Waals surface area contributed by atoms with Gasteiger partial charge in [-0.3, -0.25) is 4.79 Å². The lowest BCUT2D eigenvalue weighted by molar-refractivity contribution is -0.122. The molecule has 3 rings (SSSR count). The van der Waals surface area contributed by atoms with E-state index in [-0.39, 0.29) is 11.8 Å². The fourth-order valence-corrected chi connectivity index (χ4v) is 2.65. The summed E-state index contributed by atoms with van der Waals surface area (Å²) in [6.07, 6.45) is 3.21. The zero-order valence-corrected chi connectivity index (χ0v) is 13.3. The van der Waals surface area contributed by atoms with Crippen molar-refractivity contribution < 1.29 is 9.53 Å². The van der Waals surface area contributed by atoms with E-state index in [0.717, 1.165) is 24.2 Å².